The van der Waals surface area contributed by atoms with Gasteiger partial charge in [0.15, 0.2) is 0 Å². The molecule has 4 heterocycles. The lowest BCUT2D eigenvalue weighted by molar-refractivity contribution is -0.120. The molecule has 26 heavy (non-hydrogen) atoms. The second kappa shape index (κ2) is 7.16. The molecule has 0 atom stereocenters. The molecular formula is C16H18N8OS. The molecule has 1 N–H and O–H groups in total. The Morgan fingerprint density at radius 1 is 1.23 bits per heavy atom. The van der Waals surface area contributed by atoms with Crippen LogP contribution in [0.4, 0.5) is 10.9 Å². The number of carbonyl (C=O) groups is 1. The fourth-order valence-corrected chi connectivity index (χ4v) is 3.57. The van der Waals surface area contributed by atoms with Crippen molar-refractivity contribution in [1.29, 1.82) is 0 Å². The predicted octanol–water partition coefficient (Wildman–Crippen LogP) is 1.68. The Labute approximate surface area is 154 Å². The van der Waals surface area contributed by atoms with E-state index in [-0.39, 0.29) is 11.8 Å². The summed E-state index contributed by atoms with van der Waals surface area (Å²) in [7, 11) is 0. The van der Waals surface area contributed by atoms with E-state index in [9.17, 15) is 4.79 Å². The molecule has 3 aromatic heterocycles. The molecule has 0 aliphatic carbocycles. The summed E-state index contributed by atoms with van der Waals surface area (Å²) in [6.07, 6.45) is 8.37. The molecular weight excluding hydrogens is 352 g/mol. The first kappa shape index (κ1) is 16.6. The van der Waals surface area contributed by atoms with E-state index in [1.165, 1.54) is 11.3 Å². The maximum absolute atomic E-state index is 12.4. The number of nitrogens with one attached hydrogen (secondary N) is 1. The van der Waals surface area contributed by atoms with Crippen molar-refractivity contribution >= 4 is 28.2 Å². The quantitative estimate of drug-likeness (QED) is 0.745. The topological polar surface area (TPSA) is 102 Å². The average molecular weight is 370 g/mol. The van der Waals surface area contributed by atoms with Gasteiger partial charge in [0.25, 0.3) is 0 Å². The van der Waals surface area contributed by atoms with E-state index in [2.05, 4.69) is 35.4 Å². The molecule has 0 aromatic carbocycles. The third-order valence-corrected chi connectivity index (χ3v) is 5.11. The van der Waals surface area contributed by atoms with E-state index < -0.39 is 0 Å². The molecule has 3 aromatic rings. The van der Waals surface area contributed by atoms with Crippen molar-refractivity contribution in [3.05, 3.63) is 36.1 Å². The Hall–Kier alpha value is -2.88. The van der Waals surface area contributed by atoms with Crippen molar-refractivity contribution in [2.24, 2.45) is 5.92 Å². The molecule has 0 bridgehead atoms. The van der Waals surface area contributed by atoms with E-state index in [0.717, 1.165) is 42.6 Å². The molecule has 4 rings (SSSR count). The van der Waals surface area contributed by atoms with Crippen LogP contribution < -0.4 is 10.2 Å². The van der Waals surface area contributed by atoms with Crippen molar-refractivity contribution in [2.45, 2.75) is 19.8 Å². The number of hydrogen-bond donors (Lipinski definition) is 1. The molecule has 0 saturated carbocycles. The first-order valence-corrected chi connectivity index (χ1v) is 9.17. The number of anilines is 2. The SMILES string of the molecule is Cc1nnc(NC(=O)C2CCN(c3cc(-n4ccnc4)ncn3)CC2)s1. The summed E-state index contributed by atoms with van der Waals surface area (Å²) in [5, 5.41) is 12.1. The molecule has 10 heteroatoms. The third-order valence-electron chi connectivity index (χ3n) is 4.35. The second-order valence-electron chi connectivity index (χ2n) is 6.08. The fourth-order valence-electron chi connectivity index (χ4n) is 2.97. The monoisotopic (exact) mass is 370 g/mol. The highest BCUT2D eigenvalue weighted by Crippen LogP contribution is 2.24. The molecule has 0 radical (unpaired) electrons. The Balaban J connectivity index is 1.37. The maximum atomic E-state index is 12.4. The standard InChI is InChI=1S/C16H18N8OS/c1-11-21-22-16(26-11)20-15(25)12-2-5-23(6-3-12)13-8-14(19-9-18-13)24-7-4-17-10-24/h4,7-10,12H,2-3,5-6H2,1H3,(H,20,22,25). The van der Waals surface area contributed by atoms with E-state index in [1.54, 1.807) is 18.9 Å². The molecule has 1 amide bonds. The third kappa shape index (κ3) is 3.54. The number of hydrogen-bond acceptors (Lipinski definition) is 8. The predicted molar refractivity (Wildman–Crippen MR) is 97.4 cm³/mol. The summed E-state index contributed by atoms with van der Waals surface area (Å²) in [5.41, 5.74) is 0. The van der Waals surface area contributed by atoms with E-state index in [1.807, 2.05) is 23.8 Å². The van der Waals surface area contributed by atoms with Crippen LogP contribution in [0.25, 0.3) is 5.82 Å². The van der Waals surface area contributed by atoms with Crippen molar-refractivity contribution < 1.29 is 4.79 Å². The molecule has 0 spiro atoms. The molecule has 9 nitrogen and oxygen atoms in total. The lowest BCUT2D eigenvalue weighted by atomic mass is 9.96. The van der Waals surface area contributed by atoms with Crippen LogP contribution in [0.15, 0.2) is 31.1 Å². The molecule has 134 valence electrons. The second-order valence-corrected chi connectivity index (χ2v) is 7.26. The Bertz CT molecular complexity index is 885. The van der Waals surface area contributed by atoms with E-state index in [0.29, 0.717) is 5.13 Å². The van der Waals surface area contributed by atoms with Gasteiger partial charge in [0.2, 0.25) is 11.0 Å². The fraction of sp³-hybridized carbons (Fsp3) is 0.375. The number of aromatic nitrogens is 6. The summed E-state index contributed by atoms with van der Waals surface area (Å²) in [6.45, 7) is 3.41. The van der Waals surface area contributed by atoms with Crippen LogP contribution in [0.5, 0.6) is 0 Å². The minimum absolute atomic E-state index is 0.0163. The summed E-state index contributed by atoms with van der Waals surface area (Å²) >= 11 is 1.39. The van der Waals surface area contributed by atoms with Crippen molar-refractivity contribution in [3.8, 4) is 5.82 Å². The Morgan fingerprint density at radius 2 is 2.04 bits per heavy atom. The summed E-state index contributed by atoms with van der Waals surface area (Å²) in [5.74, 6) is 1.63. The number of nitrogens with zero attached hydrogens (tertiary/aromatic N) is 7. The first-order valence-electron chi connectivity index (χ1n) is 8.35. The van der Waals surface area contributed by atoms with Crippen LogP contribution in [0.1, 0.15) is 17.8 Å². The number of carbonyl (C=O) groups excluding carboxylic acids is 1. The minimum atomic E-state index is -0.0228. The van der Waals surface area contributed by atoms with Crippen molar-refractivity contribution in [3.63, 3.8) is 0 Å². The van der Waals surface area contributed by atoms with Gasteiger partial charge in [-0.05, 0) is 19.8 Å². The molecule has 1 aliphatic rings. The lowest BCUT2D eigenvalue weighted by Gasteiger charge is -2.32. The minimum Gasteiger partial charge on any atom is -0.356 e. The number of imidazole rings is 1. The lowest BCUT2D eigenvalue weighted by Crippen LogP contribution is -2.38. The number of amides is 1. The van der Waals surface area contributed by atoms with Crippen LogP contribution in [-0.4, -0.2) is 48.7 Å². The molecule has 1 aliphatic heterocycles. The maximum Gasteiger partial charge on any atom is 0.229 e. The van der Waals surface area contributed by atoms with Crippen LogP contribution >= 0.6 is 11.3 Å². The summed E-state index contributed by atoms with van der Waals surface area (Å²) in [6, 6.07) is 1.94. The molecule has 0 unspecified atom stereocenters. The van der Waals surface area contributed by atoms with Crippen molar-refractivity contribution in [2.75, 3.05) is 23.3 Å². The van der Waals surface area contributed by atoms with Crippen LogP contribution in [0.3, 0.4) is 0 Å². The van der Waals surface area contributed by atoms with Gasteiger partial charge in [0.05, 0.1) is 0 Å². The number of rotatable bonds is 4. The highest BCUT2D eigenvalue weighted by Gasteiger charge is 2.26. The highest BCUT2D eigenvalue weighted by molar-refractivity contribution is 7.15. The van der Waals surface area contributed by atoms with Gasteiger partial charge in [-0.2, -0.15) is 0 Å². The van der Waals surface area contributed by atoms with Gasteiger partial charge in [-0.1, -0.05) is 11.3 Å². The van der Waals surface area contributed by atoms with Crippen LogP contribution in [-0.2, 0) is 4.79 Å². The molecule has 1 saturated heterocycles. The van der Waals surface area contributed by atoms with Gasteiger partial charge < -0.3 is 10.2 Å². The van der Waals surface area contributed by atoms with E-state index in [4.69, 9.17) is 0 Å². The van der Waals surface area contributed by atoms with Gasteiger partial charge in [-0.15, -0.1) is 10.2 Å². The van der Waals surface area contributed by atoms with Gasteiger partial charge in [-0.25, -0.2) is 15.0 Å². The van der Waals surface area contributed by atoms with Crippen LogP contribution in [0.2, 0.25) is 0 Å². The normalized spacial score (nSPS) is 15.2. The number of aryl methyl sites for hydroxylation is 1. The number of piperidine rings is 1. The first-order chi connectivity index (χ1) is 12.7. The van der Waals surface area contributed by atoms with Crippen LogP contribution in [0, 0.1) is 12.8 Å². The average Bonchev–Trinajstić information content (AvgIpc) is 3.34. The Kier molecular flexibility index (Phi) is 4.57. The summed E-state index contributed by atoms with van der Waals surface area (Å²) in [4.78, 5) is 27.3. The largest absolute Gasteiger partial charge is 0.356 e. The van der Waals surface area contributed by atoms with Gasteiger partial charge >= 0.3 is 0 Å². The smallest absolute Gasteiger partial charge is 0.229 e. The Morgan fingerprint density at radius 3 is 2.73 bits per heavy atom. The van der Waals surface area contributed by atoms with E-state index >= 15 is 0 Å². The zero-order valence-corrected chi connectivity index (χ0v) is 15.1. The zero-order chi connectivity index (χ0) is 17.9. The summed E-state index contributed by atoms with van der Waals surface area (Å²) < 4.78 is 1.84. The zero-order valence-electron chi connectivity index (χ0n) is 14.2. The highest BCUT2D eigenvalue weighted by atomic mass is 32.1. The molecule has 1 fully saturated rings. The van der Waals surface area contributed by atoms with Gasteiger partial charge in [0.1, 0.15) is 29.3 Å². The van der Waals surface area contributed by atoms with Gasteiger partial charge in [0, 0.05) is 37.5 Å². The van der Waals surface area contributed by atoms with Gasteiger partial charge in [-0.3, -0.25) is 9.36 Å². The van der Waals surface area contributed by atoms with Crippen molar-refractivity contribution in [1.82, 2.24) is 29.7 Å².